The van der Waals surface area contributed by atoms with Gasteiger partial charge in [-0.15, -0.1) is 0 Å². The van der Waals surface area contributed by atoms with Crippen LogP contribution in [0.2, 0.25) is 0 Å². The Morgan fingerprint density at radius 1 is 1.20 bits per heavy atom. The summed E-state index contributed by atoms with van der Waals surface area (Å²) in [4.78, 5) is 18.5. The van der Waals surface area contributed by atoms with Gasteiger partial charge < -0.3 is 4.98 Å². The number of aromatic nitrogens is 1. The minimum atomic E-state index is -0.232. The fraction of sp³-hybridized carbons (Fsp3) is 0.286. The number of benzene rings is 2. The Hall–Kier alpha value is -2.46. The number of carbonyl (C=O) groups is 1. The number of rotatable bonds is 6. The fourth-order valence-electron chi connectivity index (χ4n) is 3.44. The molecule has 0 radical (unpaired) electrons. The third-order valence-electron chi connectivity index (χ3n) is 5.03. The SMILES string of the molecule is C[C@@H](C(=O)c1c[nH]c2ccccc12)N(Cc1ccc(F)cc1)C1CC1. The van der Waals surface area contributed by atoms with Crippen LogP contribution in [0.5, 0.6) is 0 Å². The summed E-state index contributed by atoms with van der Waals surface area (Å²) in [7, 11) is 0. The molecule has 1 aromatic heterocycles. The predicted molar refractivity (Wildman–Crippen MR) is 97.1 cm³/mol. The smallest absolute Gasteiger partial charge is 0.181 e. The lowest BCUT2D eigenvalue weighted by Gasteiger charge is -2.28. The highest BCUT2D eigenvalue weighted by atomic mass is 19.1. The Kier molecular flexibility index (Phi) is 4.14. The summed E-state index contributed by atoms with van der Waals surface area (Å²) in [5, 5.41) is 0.969. The van der Waals surface area contributed by atoms with Crippen molar-refractivity contribution in [2.75, 3.05) is 0 Å². The molecule has 1 saturated carbocycles. The molecule has 25 heavy (non-hydrogen) atoms. The van der Waals surface area contributed by atoms with Gasteiger partial charge in [-0.2, -0.15) is 0 Å². The summed E-state index contributed by atoms with van der Waals surface area (Å²) in [5.41, 5.74) is 2.76. The molecule has 3 nitrogen and oxygen atoms in total. The Balaban J connectivity index is 1.59. The molecule has 4 heteroatoms. The molecule has 1 atom stereocenters. The highest BCUT2D eigenvalue weighted by molar-refractivity contribution is 6.10. The number of ketones is 1. The van der Waals surface area contributed by atoms with Crippen LogP contribution >= 0.6 is 0 Å². The van der Waals surface area contributed by atoms with E-state index in [9.17, 15) is 9.18 Å². The van der Waals surface area contributed by atoms with Crippen LogP contribution in [0.25, 0.3) is 10.9 Å². The number of hydrogen-bond acceptors (Lipinski definition) is 2. The monoisotopic (exact) mass is 336 g/mol. The third-order valence-corrected chi connectivity index (χ3v) is 5.03. The summed E-state index contributed by atoms with van der Waals surface area (Å²) >= 11 is 0. The Morgan fingerprint density at radius 3 is 2.64 bits per heavy atom. The molecule has 0 amide bonds. The molecule has 1 aliphatic carbocycles. The van der Waals surface area contributed by atoms with E-state index >= 15 is 0 Å². The Morgan fingerprint density at radius 2 is 1.92 bits per heavy atom. The number of carbonyl (C=O) groups excluding carboxylic acids is 1. The molecule has 128 valence electrons. The van der Waals surface area contributed by atoms with Gasteiger partial charge in [0.15, 0.2) is 5.78 Å². The molecule has 1 N–H and O–H groups in total. The van der Waals surface area contributed by atoms with Crippen LogP contribution in [0.4, 0.5) is 4.39 Å². The summed E-state index contributed by atoms with van der Waals surface area (Å²) in [6.45, 7) is 2.64. The number of nitrogens with one attached hydrogen (secondary N) is 1. The lowest BCUT2D eigenvalue weighted by Crippen LogP contribution is -2.40. The molecule has 1 aliphatic rings. The zero-order chi connectivity index (χ0) is 17.4. The summed E-state index contributed by atoms with van der Waals surface area (Å²) in [6.07, 6.45) is 4.05. The van der Waals surface area contributed by atoms with Crippen LogP contribution in [-0.2, 0) is 6.54 Å². The first kappa shape index (κ1) is 16.0. The maximum absolute atomic E-state index is 13.1. The van der Waals surface area contributed by atoms with Crippen molar-refractivity contribution in [2.24, 2.45) is 0 Å². The Bertz CT molecular complexity index is 896. The zero-order valence-corrected chi connectivity index (χ0v) is 14.2. The maximum Gasteiger partial charge on any atom is 0.181 e. The number of H-pyrrole nitrogens is 1. The number of para-hydroxylation sites is 1. The average Bonchev–Trinajstić information content (AvgIpc) is 3.38. The number of nitrogens with zero attached hydrogens (tertiary/aromatic N) is 1. The lowest BCUT2D eigenvalue weighted by atomic mass is 10.0. The third kappa shape index (κ3) is 3.22. The van der Waals surface area contributed by atoms with Gasteiger partial charge in [-0.3, -0.25) is 9.69 Å². The largest absolute Gasteiger partial charge is 0.360 e. The van der Waals surface area contributed by atoms with Gasteiger partial charge in [0.2, 0.25) is 0 Å². The van der Waals surface area contributed by atoms with Crippen molar-refractivity contribution in [3.8, 4) is 0 Å². The minimum absolute atomic E-state index is 0.131. The molecule has 1 heterocycles. The van der Waals surface area contributed by atoms with Gasteiger partial charge in [-0.05, 0) is 43.5 Å². The molecule has 0 saturated heterocycles. The van der Waals surface area contributed by atoms with Crippen LogP contribution in [0.15, 0.2) is 54.7 Å². The van der Waals surface area contributed by atoms with Crippen LogP contribution < -0.4 is 0 Å². The predicted octanol–water partition coefficient (Wildman–Crippen LogP) is 4.54. The first-order chi connectivity index (χ1) is 12.1. The number of aromatic amines is 1. The molecule has 2 aromatic carbocycles. The molecule has 4 rings (SSSR count). The number of halogens is 1. The average molecular weight is 336 g/mol. The van der Waals surface area contributed by atoms with E-state index in [0.717, 1.165) is 34.9 Å². The summed E-state index contributed by atoms with van der Waals surface area (Å²) in [6, 6.07) is 14.7. The van der Waals surface area contributed by atoms with Gasteiger partial charge >= 0.3 is 0 Å². The molecular weight excluding hydrogens is 315 g/mol. The van der Waals surface area contributed by atoms with Crippen LogP contribution in [0, 0.1) is 5.82 Å². The van der Waals surface area contributed by atoms with Crippen molar-refractivity contribution in [1.29, 1.82) is 0 Å². The van der Waals surface area contributed by atoms with E-state index in [0.29, 0.717) is 12.6 Å². The van der Waals surface area contributed by atoms with E-state index in [4.69, 9.17) is 0 Å². The highest BCUT2D eigenvalue weighted by Crippen LogP contribution is 2.32. The first-order valence-corrected chi connectivity index (χ1v) is 8.74. The van der Waals surface area contributed by atoms with Crippen molar-refractivity contribution >= 4 is 16.7 Å². The lowest BCUT2D eigenvalue weighted by molar-refractivity contribution is 0.0816. The fourth-order valence-corrected chi connectivity index (χ4v) is 3.44. The van der Waals surface area contributed by atoms with E-state index < -0.39 is 0 Å². The first-order valence-electron chi connectivity index (χ1n) is 8.74. The van der Waals surface area contributed by atoms with Crippen molar-refractivity contribution in [2.45, 2.75) is 38.4 Å². The summed E-state index contributed by atoms with van der Waals surface area (Å²) < 4.78 is 13.1. The molecule has 0 spiro atoms. The topological polar surface area (TPSA) is 36.1 Å². The second-order valence-corrected chi connectivity index (χ2v) is 6.82. The van der Waals surface area contributed by atoms with E-state index in [1.165, 1.54) is 12.1 Å². The van der Waals surface area contributed by atoms with E-state index in [2.05, 4.69) is 9.88 Å². The molecule has 0 unspecified atom stereocenters. The number of fused-ring (bicyclic) bond motifs is 1. The second-order valence-electron chi connectivity index (χ2n) is 6.82. The maximum atomic E-state index is 13.1. The van der Waals surface area contributed by atoms with Gasteiger partial charge in [-0.25, -0.2) is 4.39 Å². The Labute approximate surface area is 146 Å². The molecular formula is C21H21FN2O. The second kappa shape index (κ2) is 6.45. The van der Waals surface area contributed by atoms with Gasteiger partial charge in [0, 0.05) is 35.2 Å². The molecule has 0 bridgehead atoms. The van der Waals surface area contributed by atoms with Crippen molar-refractivity contribution in [3.63, 3.8) is 0 Å². The van der Waals surface area contributed by atoms with E-state index in [1.54, 1.807) is 12.1 Å². The quantitative estimate of drug-likeness (QED) is 0.671. The number of Topliss-reactive ketones (excluding diaryl/α,β-unsaturated/α-hetero) is 1. The van der Waals surface area contributed by atoms with Crippen LogP contribution in [0.1, 0.15) is 35.7 Å². The van der Waals surface area contributed by atoms with Crippen LogP contribution in [0.3, 0.4) is 0 Å². The van der Waals surface area contributed by atoms with Gasteiger partial charge in [-0.1, -0.05) is 30.3 Å². The number of hydrogen-bond donors (Lipinski definition) is 1. The molecule has 1 fully saturated rings. The summed E-state index contributed by atoms with van der Waals surface area (Å²) in [5.74, 6) is -0.101. The minimum Gasteiger partial charge on any atom is -0.360 e. The molecule has 0 aliphatic heterocycles. The highest BCUT2D eigenvalue weighted by Gasteiger charge is 2.35. The van der Waals surface area contributed by atoms with Gasteiger partial charge in [0.25, 0.3) is 0 Å². The zero-order valence-electron chi connectivity index (χ0n) is 14.2. The van der Waals surface area contributed by atoms with Crippen molar-refractivity contribution < 1.29 is 9.18 Å². The normalized spacial score (nSPS) is 15.6. The van der Waals surface area contributed by atoms with E-state index in [-0.39, 0.29) is 17.6 Å². The van der Waals surface area contributed by atoms with Crippen LogP contribution in [-0.4, -0.2) is 27.8 Å². The van der Waals surface area contributed by atoms with Gasteiger partial charge in [0.05, 0.1) is 6.04 Å². The van der Waals surface area contributed by atoms with Gasteiger partial charge in [0.1, 0.15) is 5.82 Å². The van der Waals surface area contributed by atoms with Crippen molar-refractivity contribution in [3.05, 3.63) is 71.7 Å². The van der Waals surface area contributed by atoms with E-state index in [1.807, 2.05) is 37.4 Å². The standard InChI is InChI=1S/C21H21FN2O/c1-14(21(25)19-12-23-20-5-3-2-4-18(19)20)24(17-10-11-17)13-15-6-8-16(22)9-7-15/h2-9,12,14,17,23H,10-11,13H2,1H3/t14-/m0/s1. The molecule has 3 aromatic rings. The van der Waals surface area contributed by atoms with Crippen molar-refractivity contribution in [1.82, 2.24) is 9.88 Å².